The van der Waals surface area contributed by atoms with E-state index in [1.165, 1.54) is 0 Å². The van der Waals surface area contributed by atoms with Crippen molar-refractivity contribution in [3.05, 3.63) is 0 Å². The summed E-state index contributed by atoms with van der Waals surface area (Å²) >= 11 is 3.42. The van der Waals surface area contributed by atoms with Gasteiger partial charge in [0, 0.05) is 17.3 Å². The molecule has 0 saturated heterocycles. The number of carbonyl (C=O) groups is 1. The van der Waals surface area contributed by atoms with Crippen molar-refractivity contribution in [2.24, 2.45) is 17.8 Å². The Morgan fingerprint density at radius 1 is 1.62 bits per heavy atom. The summed E-state index contributed by atoms with van der Waals surface area (Å²) in [6.07, 6.45) is 1.07. The third kappa shape index (κ3) is 2.97. The molecule has 1 amide bonds. The molecule has 1 N–H and O–H groups in total. The van der Waals surface area contributed by atoms with Crippen LogP contribution in [0.4, 0.5) is 0 Å². The van der Waals surface area contributed by atoms with Gasteiger partial charge in [0.25, 0.3) is 0 Å². The van der Waals surface area contributed by atoms with Crippen molar-refractivity contribution >= 4 is 21.8 Å². The standard InChI is InChI=1S/C10H18BrNO/c1-6-4-9(6)10(13)12-8(3)7(2)5-11/h6-9H,4-5H2,1-3H3,(H,12,13). The maximum atomic E-state index is 11.5. The molecule has 0 aromatic carbocycles. The number of hydrogen-bond donors (Lipinski definition) is 1. The lowest BCUT2D eigenvalue weighted by Gasteiger charge is -2.19. The monoisotopic (exact) mass is 247 g/mol. The highest BCUT2D eigenvalue weighted by Gasteiger charge is 2.39. The van der Waals surface area contributed by atoms with Crippen molar-refractivity contribution in [1.29, 1.82) is 0 Å². The molecule has 13 heavy (non-hydrogen) atoms. The number of carbonyl (C=O) groups excluding carboxylic acids is 1. The quantitative estimate of drug-likeness (QED) is 0.759. The van der Waals surface area contributed by atoms with Gasteiger partial charge in [0.05, 0.1) is 0 Å². The largest absolute Gasteiger partial charge is 0.353 e. The normalized spacial score (nSPS) is 30.8. The molecule has 1 aliphatic rings. The number of hydrogen-bond acceptors (Lipinski definition) is 1. The summed E-state index contributed by atoms with van der Waals surface area (Å²) in [5.74, 6) is 1.64. The Morgan fingerprint density at radius 2 is 2.15 bits per heavy atom. The number of halogens is 1. The van der Waals surface area contributed by atoms with Crippen LogP contribution in [0, 0.1) is 17.8 Å². The zero-order valence-corrected chi connectivity index (χ0v) is 10.1. The van der Waals surface area contributed by atoms with Crippen LogP contribution in [0.15, 0.2) is 0 Å². The molecule has 1 aliphatic carbocycles. The molecule has 2 nitrogen and oxygen atoms in total. The Hall–Kier alpha value is -0.0500. The van der Waals surface area contributed by atoms with Crippen molar-refractivity contribution in [3.8, 4) is 0 Å². The molecular formula is C10H18BrNO. The molecule has 4 unspecified atom stereocenters. The second kappa shape index (κ2) is 4.45. The lowest BCUT2D eigenvalue weighted by atomic mass is 10.1. The van der Waals surface area contributed by atoms with E-state index in [-0.39, 0.29) is 11.9 Å². The third-order valence-electron chi connectivity index (χ3n) is 2.91. The molecule has 1 rings (SSSR count). The minimum atomic E-state index is 0.243. The van der Waals surface area contributed by atoms with E-state index in [4.69, 9.17) is 0 Å². The smallest absolute Gasteiger partial charge is 0.223 e. The average molecular weight is 248 g/mol. The van der Waals surface area contributed by atoms with E-state index >= 15 is 0 Å². The van der Waals surface area contributed by atoms with Crippen LogP contribution >= 0.6 is 15.9 Å². The third-order valence-corrected chi connectivity index (χ3v) is 3.93. The number of rotatable bonds is 4. The van der Waals surface area contributed by atoms with Crippen molar-refractivity contribution in [1.82, 2.24) is 5.32 Å². The van der Waals surface area contributed by atoms with E-state index in [0.717, 1.165) is 11.8 Å². The summed E-state index contributed by atoms with van der Waals surface area (Å²) in [5.41, 5.74) is 0. The van der Waals surface area contributed by atoms with E-state index in [2.05, 4.69) is 42.0 Å². The molecule has 3 heteroatoms. The van der Waals surface area contributed by atoms with Crippen LogP contribution in [0.2, 0.25) is 0 Å². The van der Waals surface area contributed by atoms with Crippen LogP contribution in [0.25, 0.3) is 0 Å². The van der Waals surface area contributed by atoms with Crippen LogP contribution in [0.3, 0.4) is 0 Å². The van der Waals surface area contributed by atoms with Crippen LogP contribution in [-0.4, -0.2) is 17.3 Å². The Balaban J connectivity index is 2.27. The van der Waals surface area contributed by atoms with E-state index in [1.807, 2.05) is 0 Å². The van der Waals surface area contributed by atoms with Crippen molar-refractivity contribution in [2.45, 2.75) is 33.2 Å². The summed E-state index contributed by atoms with van der Waals surface area (Å²) in [6.45, 7) is 6.33. The van der Waals surface area contributed by atoms with Gasteiger partial charge in [0.1, 0.15) is 0 Å². The topological polar surface area (TPSA) is 29.1 Å². The lowest BCUT2D eigenvalue weighted by Crippen LogP contribution is -2.38. The molecule has 1 saturated carbocycles. The van der Waals surface area contributed by atoms with Gasteiger partial charge in [-0.05, 0) is 25.2 Å². The fourth-order valence-corrected chi connectivity index (χ4v) is 1.86. The number of alkyl halides is 1. The van der Waals surface area contributed by atoms with Gasteiger partial charge in [-0.1, -0.05) is 29.8 Å². The van der Waals surface area contributed by atoms with Crippen molar-refractivity contribution < 1.29 is 4.79 Å². The first-order valence-corrected chi connectivity index (χ1v) is 6.04. The summed E-state index contributed by atoms with van der Waals surface area (Å²) in [5, 5.41) is 3.99. The first-order valence-electron chi connectivity index (χ1n) is 4.92. The van der Waals surface area contributed by atoms with E-state index in [0.29, 0.717) is 17.8 Å². The molecule has 76 valence electrons. The molecule has 0 aromatic rings. The summed E-state index contributed by atoms with van der Waals surface area (Å²) in [7, 11) is 0. The van der Waals surface area contributed by atoms with Gasteiger partial charge in [0.2, 0.25) is 5.91 Å². The molecule has 0 spiro atoms. The highest BCUT2D eigenvalue weighted by molar-refractivity contribution is 9.09. The van der Waals surface area contributed by atoms with Gasteiger partial charge in [0.15, 0.2) is 0 Å². The molecule has 0 radical (unpaired) electrons. The van der Waals surface area contributed by atoms with Gasteiger partial charge in [-0.2, -0.15) is 0 Å². The maximum absolute atomic E-state index is 11.5. The first kappa shape index (κ1) is 11.0. The van der Waals surface area contributed by atoms with Crippen LogP contribution in [0.5, 0.6) is 0 Å². The molecule has 0 bridgehead atoms. The minimum absolute atomic E-state index is 0.243. The second-order valence-electron chi connectivity index (χ2n) is 4.25. The summed E-state index contributed by atoms with van der Waals surface area (Å²) in [4.78, 5) is 11.5. The van der Waals surface area contributed by atoms with Gasteiger partial charge in [-0.3, -0.25) is 4.79 Å². The summed E-state index contributed by atoms with van der Waals surface area (Å²) in [6, 6.07) is 0.277. The second-order valence-corrected chi connectivity index (χ2v) is 4.90. The van der Waals surface area contributed by atoms with Gasteiger partial charge >= 0.3 is 0 Å². The fraction of sp³-hybridized carbons (Fsp3) is 0.900. The van der Waals surface area contributed by atoms with Crippen molar-refractivity contribution in [2.75, 3.05) is 5.33 Å². The molecule has 0 heterocycles. The average Bonchev–Trinajstić information content (AvgIpc) is 2.81. The Kier molecular flexibility index (Phi) is 3.77. The predicted octanol–water partition coefficient (Wildman–Crippen LogP) is 2.18. The summed E-state index contributed by atoms with van der Waals surface area (Å²) < 4.78 is 0. The Labute approximate surface area is 88.6 Å². The van der Waals surface area contributed by atoms with E-state index in [1.54, 1.807) is 0 Å². The zero-order chi connectivity index (χ0) is 10.0. The van der Waals surface area contributed by atoms with E-state index < -0.39 is 0 Å². The molecule has 1 fully saturated rings. The van der Waals surface area contributed by atoms with Crippen LogP contribution in [0.1, 0.15) is 27.2 Å². The highest BCUT2D eigenvalue weighted by Crippen LogP contribution is 2.37. The van der Waals surface area contributed by atoms with Crippen LogP contribution in [-0.2, 0) is 4.79 Å². The minimum Gasteiger partial charge on any atom is -0.353 e. The molecule has 0 aliphatic heterocycles. The Bertz CT molecular complexity index is 195. The first-order chi connectivity index (χ1) is 6.06. The number of nitrogens with one attached hydrogen (secondary N) is 1. The SMILES string of the molecule is CC(CBr)C(C)NC(=O)C1CC1C. The molecule has 0 aromatic heterocycles. The van der Waals surface area contributed by atoms with E-state index in [9.17, 15) is 4.79 Å². The van der Waals surface area contributed by atoms with Gasteiger partial charge < -0.3 is 5.32 Å². The maximum Gasteiger partial charge on any atom is 0.223 e. The molecule has 4 atom stereocenters. The highest BCUT2D eigenvalue weighted by atomic mass is 79.9. The van der Waals surface area contributed by atoms with Gasteiger partial charge in [-0.25, -0.2) is 0 Å². The van der Waals surface area contributed by atoms with Gasteiger partial charge in [-0.15, -0.1) is 0 Å². The van der Waals surface area contributed by atoms with Crippen molar-refractivity contribution in [3.63, 3.8) is 0 Å². The molecular weight excluding hydrogens is 230 g/mol. The zero-order valence-electron chi connectivity index (χ0n) is 8.51. The fourth-order valence-electron chi connectivity index (χ4n) is 1.29. The Morgan fingerprint density at radius 3 is 2.54 bits per heavy atom. The van der Waals surface area contributed by atoms with Crippen LogP contribution < -0.4 is 5.32 Å². The predicted molar refractivity (Wildman–Crippen MR) is 57.8 cm³/mol. The lowest BCUT2D eigenvalue weighted by molar-refractivity contribution is -0.123. The number of amides is 1.